The molecule has 1 unspecified atom stereocenters. The maximum absolute atomic E-state index is 11.8. The van der Waals surface area contributed by atoms with Crippen molar-refractivity contribution in [3.05, 3.63) is 23.8 Å². The van der Waals surface area contributed by atoms with E-state index in [9.17, 15) is 4.79 Å². The van der Waals surface area contributed by atoms with E-state index >= 15 is 0 Å². The van der Waals surface area contributed by atoms with Crippen LogP contribution >= 0.6 is 0 Å². The van der Waals surface area contributed by atoms with Gasteiger partial charge < -0.3 is 15.5 Å². The van der Waals surface area contributed by atoms with Crippen LogP contribution in [-0.4, -0.2) is 32.6 Å². The van der Waals surface area contributed by atoms with Gasteiger partial charge in [0.2, 0.25) is 5.91 Å². The first-order valence-electron chi connectivity index (χ1n) is 6.75. The van der Waals surface area contributed by atoms with E-state index in [1.165, 1.54) is 5.56 Å². The first-order valence-corrected chi connectivity index (χ1v) is 6.75. The number of rotatable bonds is 6. The van der Waals surface area contributed by atoms with Crippen molar-refractivity contribution in [2.45, 2.75) is 33.2 Å². The lowest BCUT2D eigenvalue weighted by atomic mass is 10.1. The van der Waals surface area contributed by atoms with Gasteiger partial charge in [-0.05, 0) is 38.0 Å². The summed E-state index contributed by atoms with van der Waals surface area (Å²) >= 11 is 0. The predicted molar refractivity (Wildman–Crippen MR) is 81.9 cm³/mol. The number of nitrogens with one attached hydrogen (secondary N) is 2. The Kier molecular flexibility index (Phi) is 5.83. The first-order chi connectivity index (χ1) is 8.93. The Bertz CT molecular complexity index is 429. The molecule has 0 aliphatic rings. The molecule has 1 rings (SSSR count). The lowest BCUT2D eigenvalue weighted by Crippen LogP contribution is -2.34. The highest BCUT2D eigenvalue weighted by atomic mass is 16.1. The van der Waals surface area contributed by atoms with E-state index in [4.69, 9.17) is 0 Å². The van der Waals surface area contributed by atoms with Gasteiger partial charge in [-0.1, -0.05) is 13.0 Å². The molecule has 0 saturated carbocycles. The van der Waals surface area contributed by atoms with Crippen LogP contribution in [0.5, 0.6) is 0 Å². The fourth-order valence-electron chi connectivity index (χ4n) is 1.79. The minimum atomic E-state index is -0.00569. The Morgan fingerprint density at radius 2 is 2.05 bits per heavy atom. The van der Waals surface area contributed by atoms with Crippen LogP contribution in [0.15, 0.2) is 18.2 Å². The number of aryl methyl sites for hydroxylation is 1. The van der Waals surface area contributed by atoms with Gasteiger partial charge in [0.05, 0.1) is 6.54 Å². The summed E-state index contributed by atoms with van der Waals surface area (Å²) in [5.74, 6) is -0.00569. The zero-order valence-electron chi connectivity index (χ0n) is 12.6. The molecule has 0 aliphatic carbocycles. The highest BCUT2D eigenvalue weighted by Crippen LogP contribution is 2.22. The number of nitrogens with zero attached hydrogens (tertiary/aromatic N) is 1. The Labute approximate surface area is 116 Å². The molecule has 0 fully saturated rings. The minimum Gasteiger partial charge on any atom is -0.377 e. The number of benzene rings is 1. The second-order valence-corrected chi connectivity index (χ2v) is 5.13. The van der Waals surface area contributed by atoms with Crippen molar-refractivity contribution < 1.29 is 4.79 Å². The van der Waals surface area contributed by atoms with Crippen molar-refractivity contribution >= 4 is 17.3 Å². The summed E-state index contributed by atoms with van der Waals surface area (Å²) in [5, 5.41) is 6.09. The fourth-order valence-corrected chi connectivity index (χ4v) is 1.79. The number of hydrogen-bond donors (Lipinski definition) is 2. The summed E-state index contributed by atoms with van der Waals surface area (Å²) in [6.45, 7) is 6.58. The SMILES string of the molecule is CCC(C)NCC(=O)Nc1ccc(C)c(N(C)C)c1. The van der Waals surface area contributed by atoms with Crippen LogP contribution in [0.3, 0.4) is 0 Å². The molecule has 0 spiro atoms. The average molecular weight is 263 g/mol. The lowest BCUT2D eigenvalue weighted by molar-refractivity contribution is -0.115. The van der Waals surface area contributed by atoms with E-state index in [-0.39, 0.29) is 5.91 Å². The second kappa shape index (κ2) is 7.14. The maximum Gasteiger partial charge on any atom is 0.238 e. The van der Waals surface area contributed by atoms with E-state index in [1.54, 1.807) is 0 Å². The third kappa shape index (κ3) is 4.91. The molecule has 1 aromatic carbocycles. The molecule has 1 amide bonds. The quantitative estimate of drug-likeness (QED) is 0.828. The monoisotopic (exact) mass is 263 g/mol. The molecule has 0 aromatic heterocycles. The van der Waals surface area contributed by atoms with Crippen molar-refractivity contribution in [3.8, 4) is 0 Å². The molecule has 0 saturated heterocycles. The van der Waals surface area contributed by atoms with Crippen molar-refractivity contribution in [1.29, 1.82) is 0 Å². The van der Waals surface area contributed by atoms with Gasteiger partial charge in [-0.3, -0.25) is 4.79 Å². The van der Waals surface area contributed by atoms with Gasteiger partial charge in [0.15, 0.2) is 0 Å². The molecule has 0 aliphatic heterocycles. The van der Waals surface area contributed by atoms with E-state index < -0.39 is 0 Å². The van der Waals surface area contributed by atoms with Gasteiger partial charge in [-0.2, -0.15) is 0 Å². The van der Waals surface area contributed by atoms with Crippen LogP contribution in [0, 0.1) is 6.92 Å². The fraction of sp³-hybridized carbons (Fsp3) is 0.533. The lowest BCUT2D eigenvalue weighted by Gasteiger charge is -2.17. The number of anilines is 2. The smallest absolute Gasteiger partial charge is 0.238 e. The molecule has 0 radical (unpaired) electrons. The van der Waals surface area contributed by atoms with Gasteiger partial charge in [0, 0.05) is 31.5 Å². The molecule has 1 atom stereocenters. The van der Waals surface area contributed by atoms with Crippen molar-refractivity contribution in [3.63, 3.8) is 0 Å². The number of carbonyl (C=O) groups excluding carboxylic acids is 1. The summed E-state index contributed by atoms with van der Waals surface area (Å²) in [6.07, 6.45) is 1.02. The van der Waals surface area contributed by atoms with Crippen LogP contribution in [0.25, 0.3) is 0 Å². The Balaban J connectivity index is 2.62. The van der Waals surface area contributed by atoms with Gasteiger partial charge >= 0.3 is 0 Å². The van der Waals surface area contributed by atoms with Gasteiger partial charge in [-0.25, -0.2) is 0 Å². The molecule has 19 heavy (non-hydrogen) atoms. The Hall–Kier alpha value is -1.55. The summed E-state index contributed by atoms with van der Waals surface area (Å²) in [4.78, 5) is 13.9. The van der Waals surface area contributed by atoms with Crippen LogP contribution in [0.1, 0.15) is 25.8 Å². The molecule has 1 aromatic rings. The summed E-state index contributed by atoms with van der Waals surface area (Å²) in [5.41, 5.74) is 3.15. The molecule has 0 heterocycles. The second-order valence-electron chi connectivity index (χ2n) is 5.13. The summed E-state index contributed by atoms with van der Waals surface area (Å²) < 4.78 is 0. The molecule has 4 nitrogen and oxygen atoms in total. The van der Waals surface area contributed by atoms with Crippen LogP contribution in [0.2, 0.25) is 0 Å². The Morgan fingerprint density at radius 1 is 1.37 bits per heavy atom. The Morgan fingerprint density at radius 3 is 2.63 bits per heavy atom. The minimum absolute atomic E-state index is 0.00569. The van der Waals surface area contributed by atoms with E-state index in [0.717, 1.165) is 17.8 Å². The zero-order valence-corrected chi connectivity index (χ0v) is 12.6. The number of amides is 1. The normalized spacial score (nSPS) is 12.1. The molecule has 0 bridgehead atoms. The number of hydrogen-bond acceptors (Lipinski definition) is 3. The maximum atomic E-state index is 11.8. The highest BCUT2D eigenvalue weighted by molar-refractivity contribution is 5.92. The molecule has 4 heteroatoms. The zero-order chi connectivity index (χ0) is 14.4. The first kappa shape index (κ1) is 15.5. The van der Waals surface area contributed by atoms with E-state index in [2.05, 4.69) is 31.4 Å². The number of carbonyl (C=O) groups is 1. The third-order valence-corrected chi connectivity index (χ3v) is 3.20. The van der Waals surface area contributed by atoms with Crippen molar-refractivity contribution in [2.75, 3.05) is 30.9 Å². The van der Waals surface area contributed by atoms with Crippen LogP contribution in [0.4, 0.5) is 11.4 Å². The van der Waals surface area contributed by atoms with E-state index in [0.29, 0.717) is 12.6 Å². The highest BCUT2D eigenvalue weighted by Gasteiger charge is 2.07. The van der Waals surface area contributed by atoms with Gasteiger partial charge in [0.1, 0.15) is 0 Å². The molecule has 106 valence electrons. The summed E-state index contributed by atoms with van der Waals surface area (Å²) in [6, 6.07) is 6.31. The molecular weight excluding hydrogens is 238 g/mol. The topological polar surface area (TPSA) is 44.4 Å². The average Bonchev–Trinajstić information content (AvgIpc) is 2.37. The van der Waals surface area contributed by atoms with Crippen molar-refractivity contribution in [1.82, 2.24) is 5.32 Å². The summed E-state index contributed by atoms with van der Waals surface area (Å²) in [7, 11) is 4.00. The van der Waals surface area contributed by atoms with Gasteiger partial charge in [0.25, 0.3) is 0 Å². The van der Waals surface area contributed by atoms with Crippen molar-refractivity contribution in [2.24, 2.45) is 0 Å². The molecular formula is C15H25N3O. The predicted octanol–water partition coefficient (Wildman–Crippen LogP) is 2.39. The third-order valence-electron chi connectivity index (χ3n) is 3.20. The largest absolute Gasteiger partial charge is 0.377 e. The van der Waals surface area contributed by atoms with Crippen LogP contribution < -0.4 is 15.5 Å². The van der Waals surface area contributed by atoms with Crippen LogP contribution in [-0.2, 0) is 4.79 Å². The van der Waals surface area contributed by atoms with Gasteiger partial charge in [-0.15, -0.1) is 0 Å². The van der Waals surface area contributed by atoms with E-state index in [1.807, 2.05) is 37.2 Å². The standard InChI is InChI=1S/C15H25N3O/c1-6-12(3)16-10-15(19)17-13-8-7-11(2)14(9-13)18(4)5/h7-9,12,16H,6,10H2,1-5H3,(H,17,19). The molecule has 2 N–H and O–H groups in total.